The van der Waals surface area contributed by atoms with Crippen LogP contribution >= 0.6 is 23.4 Å². The molecule has 0 spiro atoms. The molecule has 1 amide bonds. The molecule has 0 fully saturated rings. The Morgan fingerprint density at radius 1 is 0.975 bits per heavy atom. The summed E-state index contributed by atoms with van der Waals surface area (Å²) in [4.78, 5) is 12.6. The van der Waals surface area contributed by atoms with Gasteiger partial charge in [0.05, 0.1) is 12.0 Å². The Balaban J connectivity index is 1.22. The Morgan fingerprint density at radius 3 is 2.52 bits per heavy atom. The highest BCUT2D eigenvalue weighted by molar-refractivity contribution is 7.99. The molecule has 40 heavy (non-hydrogen) atoms. The first-order valence-electron chi connectivity index (χ1n) is 12.5. The largest absolute Gasteiger partial charge is 0.489 e. The number of nitrogens with zero attached hydrogens (tertiary/aromatic N) is 4. The van der Waals surface area contributed by atoms with Gasteiger partial charge in [-0.2, -0.15) is 5.10 Å². The second kappa shape index (κ2) is 13.1. The van der Waals surface area contributed by atoms with E-state index in [4.69, 9.17) is 16.3 Å². The number of benzene rings is 4. The normalized spacial score (nSPS) is 11.1. The van der Waals surface area contributed by atoms with E-state index in [1.54, 1.807) is 6.21 Å². The van der Waals surface area contributed by atoms with Crippen LogP contribution in [0, 0.1) is 6.92 Å². The summed E-state index contributed by atoms with van der Waals surface area (Å²) in [5, 5.41) is 14.1. The minimum absolute atomic E-state index is 0.113. The van der Waals surface area contributed by atoms with Crippen LogP contribution in [0.15, 0.2) is 113 Å². The third-order valence-electron chi connectivity index (χ3n) is 5.87. The molecule has 0 unspecified atom stereocenters. The maximum Gasteiger partial charge on any atom is 0.250 e. The molecule has 5 aromatic rings. The van der Waals surface area contributed by atoms with Gasteiger partial charge in [0.2, 0.25) is 0 Å². The van der Waals surface area contributed by atoms with Crippen LogP contribution in [0.3, 0.4) is 0 Å². The summed E-state index contributed by atoms with van der Waals surface area (Å²) in [5.74, 6) is 1.24. The SMILES string of the molecule is Cc1ccc(-n2c(SCC(=O)NN=Cc3cccc(OCc4ccccc4)c3)nnc2-c2ccc(Cl)cc2)cc1. The van der Waals surface area contributed by atoms with Crippen LogP contribution in [0.5, 0.6) is 5.75 Å². The number of carbonyl (C=O) groups excluding carboxylic acids is 1. The number of halogens is 1. The molecule has 0 saturated heterocycles. The fourth-order valence-corrected chi connectivity index (χ4v) is 4.71. The average molecular weight is 568 g/mol. The first kappa shape index (κ1) is 27.2. The number of hydrogen-bond acceptors (Lipinski definition) is 6. The monoisotopic (exact) mass is 567 g/mol. The van der Waals surface area contributed by atoms with Crippen LogP contribution in [0.2, 0.25) is 5.02 Å². The fourth-order valence-electron chi connectivity index (χ4n) is 3.84. The fraction of sp³-hybridized carbons (Fsp3) is 0.0968. The molecule has 4 aromatic carbocycles. The second-order valence-electron chi connectivity index (χ2n) is 8.91. The summed E-state index contributed by atoms with van der Waals surface area (Å²) < 4.78 is 7.80. The smallest absolute Gasteiger partial charge is 0.250 e. The van der Waals surface area contributed by atoms with Crippen LogP contribution in [0.4, 0.5) is 0 Å². The second-order valence-corrected chi connectivity index (χ2v) is 10.3. The lowest BCUT2D eigenvalue weighted by Crippen LogP contribution is -2.20. The quantitative estimate of drug-likeness (QED) is 0.115. The van der Waals surface area contributed by atoms with Gasteiger partial charge in [-0.1, -0.05) is 83.5 Å². The molecule has 7 nitrogen and oxygen atoms in total. The molecule has 0 atom stereocenters. The molecule has 0 saturated carbocycles. The topological polar surface area (TPSA) is 81.4 Å². The van der Waals surface area contributed by atoms with Gasteiger partial charge in [-0.15, -0.1) is 10.2 Å². The molecule has 0 aliphatic heterocycles. The van der Waals surface area contributed by atoms with Crippen molar-refractivity contribution >= 4 is 35.5 Å². The molecule has 0 aliphatic carbocycles. The van der Waals surface area contributed by atoms with E-state index in [1.807, 2.05) is 115 Å². The number of amides is 1. The molecule has 200 valence electrons. The van der Waals surface area contributed by atoms with Crippen molar-refractivity contribution in [3.05, 3.63) is 125 Å². The highest BCUT2D eigenvalue weighted by Crippen LogP contribution is 2.29. The van der Waals surface area contributed by atoms with E-state index in [0.29, 0.717) is 22.6 Å². The van der Waals surface area contributed by atoms with E-state index < -0.39 is 0 Å². The Hall–Kier alpha value is -4.40. The van der Waals surface area contributed by atoms with Crippen LogP contribution in [-0.2, 0) is 11.4 Å². The number of aryl methyl sites for hydroxylation is 1. The predicted molar refractivity (Wildman–Crippen MR) is 160 cm³/mol. The van der Waals surface area contributed by atoms with Gasteiger partial charge in [0, 0.05) is 16.3 Å². The number of nitrogens with one attached hydrogen (secondary N) is 1. The first-order valence-corrected chi connectivity index (χ1v) is 13.9. The van der Waals surface area contributed by atoms with Crippen molar-refractivity contribution in [3.63, 3.8) is 0 Å². The number of aromatic nitrogens is 3. The molecule has 9 heteroatoms. The van der Waals surface area contributed by atoms with Gasteiger partial charge in [0.1, 0.15) is 12.4 Å². The Bertz CT molecular complexity index is 1600. The van der Waals surface area contributed by atoms with Gasteiger partial charge < -0.3 is 4.74 Å². The summed E-state index contributed by atoms with van der Waals surface area (Å²) in [6.45, 7) is 2.51. The maximum absolute atomic E-state index is 12.6. The zero-order valence-corrected chi connectivity index (χ0v) is 23.3. The average Bonchev–Trinajstić information content (AvgIpc) is 3.40. The van der Waals surface area contributed by atoms with Gasteiger partial charge in [0.25, 0.3) is 5.91 Å². The van der Waals surface area contributed by atoms with Crippen LogP contribution in [-0.4, -0.2) is 32.6 Å². The first-order chi connectivity index (χ1) is 19.5. The van der Waals surface area contributed by atoms with Gasteiger partial charge >= 0.3 is 0 Å². The van der Waals surface area contributed by atoms with Crippen molar-refractivity contribution in [2.75, 3.05) is 5.75 Å². The molecule has 1 heterocycles. The lowest BCUT2D eigenvalue weighted by atomic mass is 10.2. The molecule has 0 bridgehead atoms. The summed E-state index contributed by atoms with van der Waals surface area (Å²) >= 11 is 7.36. The van der Waals surface area contributed by atoms with Crippen molar-refractivity contribution in [1.82, 2.24) is 20.2 Å². The van der Waals surface area contributed by atoms with Crippen LogP contribution < -0.4 is 10.2 Å². The Labute approximate surface area is 241 Å². The Morgan fingerprint density at radius 2 is 1.75 bits per heavy atom. The molecule has 0 radical (unpaired) electrons. The number of ether oxygens (including phenoxy) is 1. The van der Waals surface area contributed by atoms with Gasteiger partial charge in [-0.3, -0.25) is 9.36 Å². The van der Waals surface area contributed by atoms with Crippen molar-refractivity contribution in [1.29, 1.82) is 0 Å². The number of thioether (sulfide) groups is 1. The van der Waals surface area contributed by atoms with Gasteiger partial charge in [0.15, 0.2) is 11.0 Å². The summed E-state index contributed by atoms with van der Waals surface area (Å²) in [5.41, 5.74) is 7.40. The third-order valence-corrected chi connectivity index (χ3v) is 7.05. The van der Waals surface area contributed by atoms with Crippen LogP contribution in [0.1, 0.15) is 16.7 Å². The standard InChI is InChI=1S/C31H26ClN5O2S/c1-22-10-16-27(17-11-22)37-30(25-12-14-26(32)15-13-25)35-36-31(37)40-21-29(38)34-33-19-24-8-5-9-28(18-24)39-20-23-6-3-2-4-7-23/h2-19H,20-21H2,1H3,(H,34,38). The van der Waals surface area contributed by atoms with Gasteiger partial charge in [-0.05, 0) is 66.6 Å². The van der Waals surface area contributed by atoms with Crippen molar-refractivity contribution in [2.24, 2.45) is 5.10 Å². The third kappa shape index (κ3) is 7.16. The van der Waals surface area contributed by atoms with E-state index in [0.717, 1.165) is 33.7 Å². The van der Waals surface area contributed by atoms with Crippen molar-refractivity contribution < 1.29 is 9.53 Å². The number of rotatable bonds is 10. The zero-order valence-electron chi connectivity index (χ0n) is 21.7. The minimum Gasteiger partial charge on any atom is -0.489 e. The number of hydrazone groups is 1. The molecule has 1 N–H and O–H groups in total. The highest BCUT2D eigenvalue weighted by Gasteiger charge is 2.17. The summed E-state index contributed by atoms with van der Waals surface area (Å²) in [6.07, 6.45) is 1.59. The van der Waals surface area contributed by atoms with E-state index in [2.05, 4.69) is 20.7 Å². The minimum atomic E-state index is -0.260. The molecular formula is C31H26ClN5O2S. The Kier molecular flexibility index (Phi) is 8.90. The number of carbonyl (C=O) groups is 1. The molecular weight excluding hydrogens is 542 g/mol. The highest BCUT2D eigenvalue weighted by atomic mass is 35.5. The lowest BCUT2D eigenvalue weighted by Gasteiger charge is -2.10. The molecule has 5 rings (SSSR count). The van der Waals surface area contributed by atoms with Crippen molar-refractivity contribution in [2.45, 2.75) is 18.7 Å². The van der Waals surface area contributed by atoms with E-state index in [-0.39, 0.29) is 11.7 Å². The molecule has 1 aromatic heterocycles. The zero-order chi connectivity index (χ0) is 27.7. The van der Waals surface area contributed by atoms with Crippen LogP contribution in [0.25, 0.3) is 17.1 Å². The van der Waals surface area contributed by atoms with E-state index in [1.165, 1.54) is 11.8 Å². The lowest BCUT2D eigenvalue weighted by molar-refractivity contribution is -0.118. The van der Waals surface area contributed by atoms with E-state index in [9.17, 15) is 4.79 Å². The predicted octanol–water partition coefficient (Wildman–Crippen LogP) is 6.72. The van der Waals surface area contributed by atoms with E-state index >= 15 is 0 Å². The van der Waals surface area contributed by atoms with Crippen molar-refractivity contribution in [3.8, 4) is 22.8 Å². The number of hydrogen-bond donors (Lipinski definition) is 1. The summed E-state index contributed by atoms with van der Waals surface area (Å²) in [7, 11) is 0. The summed E-state index contributed by atoms with van der Waals surface area (Å²) in [6, 6.07) is 33.0. The molecule has 0 aliphatic rings. The van der Waals surface area contributed by atoms with Gasteiger partial charge in [-0.25, -0.2) is 5.43 Å². The maximum atomic E-state index is 12.6.